The number of nitrogens with zero attached hydrogens (tertiary/aromatic N) is 3. The van der Waals surface area contributed by atoms with Crippen LogP contribution in [-0.2, 0) is 4.79 Å². The van der Waals surface area contributed by atoms with Crippen LogP contribution in [0.3, 0.4) is 0 Å². The smallest absolute Gasteiger partial charge is 0.222 e. The number of amides is 1. The minimum Gasteiger partial charge on any atom is -0.341 e. The normalized spacial score (nSPS) is 9.95. The van der Waals surface area contributed by atoms with Crippen molar-refractivity contribution in [3.8, 4) is 12.1 Å². The second-order valence-electron chi connectivity index (χ2n) is 5.78. The van der Waals surface area contributed by atoms with Crippen LogP contribution >= 0.6 is 0 Å². The first-order valence-corrected chi connectivity index (χ1v) is 8.78. The van der Waals surface area contributed by atoms with Gasteiger partial charge in [0.15, 0.2) is 0 Å². The molecular weight excluding hydrogens is 274 g/mol. The summed E-state index contributed by atoms with van der Waals surface area (Å²) >= 11 is 0. The van der Waals surface area contributed by atoms with Crippen LogP contribution in [0.25, 0.3) is 0 Å². The van der Waals surface area contributed by atoms with Crippen molar-refractivity contribution in [3.63, 3.8) is 0 Å². The molecular formula is C18H31N3O. The molecule has 4 heteroatoms. The van der Waals surface area contributed by atoms with Crippen LogP contribution in [0.5, 0.6) is 0 Å². The van der Waals surface area contributed by atoms with Gasteiger partial charge in [-0.05, 0) is 6.42 Å². The molecule has 1 amide bonds. The maximum absolute atomic E-state index is 12.1. The largest absolute Gasteiger partial charge is 0.341 e. The fraction of sp³-hybridized carbons (Fsp3) is 0.833. The number of hydrogen-bond donors (Lipinski definition) is 0. The molecule has 0 aliphatic rings. The van der Waals surface area contributed by atoms with E-state index in [-0.39, 0.29) is 5.91 Å². The van der Waals surface area contributed by atoms with E-state index in [4.69, 9.17) is 10.5 Å². The van der Waals surface area contributed by atoms with Crippen molar-refractivity contribution < 1.29 is 4.79 Å². The molecule has 0 aliphatic heterocycles. The fourth-order valence-corrected chi connectivity index (χ4v) is 2.48. The topological polar surface area (TPSA) is 67.9 Å². The van der Waals surface area contributed by atoms with Gasteiger partial charge < -0.3 is 4.90 Å². The Labute approximate surface area is 136 Å². The zero-order valence-electron chi connectivity index (χ0n) is 14.1. The summed E-state index contributed by atoms with van der Waals surface area (Å²) in [5.74, 6) is 0.0912. The van der Waals surface area contributed by atoms with Gasteiger partial charge >= 0.3 is 0 Å². The number of nitriles is 2. The Morgan fingerprint density at radius 3 is 1.73 bits per heavy atom. The predicted molar refractivity (Wildman–Crippen MR) is 88.9 cm³/mol. The third-order valence-corrected chi connectivity index (χ3v) is 3.83. The van der Waals surface area contributed by atoms with Gasteiger partial charge in [0.2, 0.25) is 5.91 Å². The van der Waals surface area contributed by atoms with E-state index in [1.807, 2.05) is 0 Å². The van der Waals surface area contributed by atoms with Crippen LogP contribution < -0.4 is 0 Å². The second kappa shape index (κ2) is 15.8. The van der Waals surface area contributed by atoms with Gasteiger partial charge in [-0.2, -0.15) is 10.5 Å². The monoisotopic (exact) mass is 305 g/mol. The highest BCUT2D eigenvalue weighted by Crippen LogP contribution is 2.11. The van der Waals surface area contributed by atoms with Crippen LogP contribution in [0.4, 0.5) is 0 Å². The molecule has 124 valence electrons. The number of carbonyl (C=O) groups is 1. The Balaban J connectivity index is 3.67. The third-order valence-electron chi connectivity index (χ3n) is 3.83. The van der Waals surface area contributed by atoms with Crippen molar-refractivity contribution in [2.24, 2.45) is 0 Å². The summed E-state index contributed by atoms with van der Waals surface area (Å²) in [5, 5.41) is 17.2. The van der Waals surface area contributed by atoms with E-state index >= 15 is 0 Å². The Bertz CT molecular complexity index is 336. The number of carbonyl (C=O) groups excluding carboxylic acids is 1. The lowest BCUT2D eigenvalue weighted by atomic mass is 10.1. The SMILES string of the molecule is CCCCCCCCCCCC(=O)N(CCC#N)CCC#N. The summed E-state index contributed by atoms with van der Waals surface area (Å²) in [6, 6.07) is 4.12. The van der Waals surface area contributed by atoms with E-state index in [1.165, 1.54) is 44.9 Å². The summed E-state index contributed by atoms with van der Waals surface area (Å²) in [7, 11) is 0. The summed E-state index contributed by atoms with van der Waals surface area (Å²) < 4.78 is 0. The van der Waals surface area contributed by atoms with Crippen molar-refractivity contribution in [3.05, 3.63) is 0 Å². The first-order valence-electron chi connectivity index (χ1n) is 8.78. The van der Waals surface area contributed by atoms with Gasteiger partial charge in [0.1, 0.15) is 0 Å². The molecule has 0 bridgehead atoms. The molecule has 0 aromatic carbocycles. The predicted octanol–water partition coefficient (Wildman–Crippen LogP) is 4.56. The van der Waals surface area contributed by atoms with E-state index < -0.39 is 0 Å². The van der Waals surface area contributed by atoms with Crippen molar-refractivity contribution >= 4 is 5.91 Å². The average Bonchev–Trinajstić information content (AvgIpc) is 2.53. The van der Waals surface area contributed by atoms with Gasteiger partial charge in [-0.3, -0.25) is 4.79 Å². The van der Waals surface area contributed by atoms with E-state index in [2.05, 4.69) is 19.1 Å². The average molecular weight is 305 g/mol. The van der Waals surface area contributed by atoms with Gasteiger partial charge in [-0.25, -0.2) is 0 Å². The Morgan fingerprint density at radius 2 is 1.27 bits per heavy atom. The standard InChI is InChI=1S/C18H31N3O/c1-2-3-4-5-6-7-8-9-10-13-18(22)21(16-11-14-19)17-12-15-20/h2-13,16-17H2,1H3. The van der Waals surface area contributed by atoms with E-state index in [1.54, 1.807) is 4.90 Å². The minimum atomic E-state index is 0.0912. The highest BCUT2D eigenvalue weighted by atomic mass is 16.2. The molecule has 0 unspecified atom stereocenters. The fourth-order valence-electron chi connectivity index (χ4n) is 2.48. The van der Waals surface area contributed by atoms with Crippen LogP contribution in [-0.4, -0.2) is 23.9 Å². The lowest BCUT2D eigenvalue weighted by Crippen LogP contribution is -2.32. The molecule has 0 saturated heterocycles. The molecule has 0 heterocycles. The lowest BCUT2D eigenvalue weighted by Gasteiger charge is -2.20. The highest BCUT2D eigenvalue weighted by molar-refractivity contribution is 5.76. The zero-order chi connectivity index (χ0) is 16.5. The maximum Gasteiger partial charge on any atom is 0.222 e. The van der Waals surface area contributed by atoms with Gasteiger partial charge in [-0.15, -0.1) is 0 Å². The van der Waals surface area contributed by atoms with E-state index in [9.17, 15) is 4.79 Å². The third kappa shape index (κ3) is 12.2. The molecule has 0 spiro atoms. The summed E-state index contributed by atoms with van der Waals surface area (Å²) in [4.78, 5) is 13.7. The van der Waals surface area contributed by atoms with Crippen LogP contribution in [0.1, 0.15) is 84.0 Å². The van der Waals surface area contributed by atoms with Gasteiger partial charge in [-0.1, -0.05) is 58.3 Å². The minimum absolute atomic E-state index is 0.0912. The molecule has 0 fully saturated rings. The van der Waals surface area contributed by atoms with Crippen LogP contribution in [0, 0.1) is 22.7 Å². The van der Waals surface area contributed by atoms with Crippen molar-refractivity contribution in [2.75, 3.05) is 13.1 Å². The van der Waals surface area contributed by atoms with Gasteiger partial charge in [0.05, 0.1) is 25.0 Å². The lowest BCUT2D eigenvalue weighted by molar-refractivity contribution is -0.131. The van der Waals surface area contributed by atoms with Crippen LogP contribution in [0.2, 0.25) is 0 Å². The molecule has 0 saturated carbocycles. The van der Waals surface area contributed by atoms with Gasteiger partial charge in [0.25, 0.3) is 0 Å². The molecule has 4 nitrogen and oxygen atoms in total. The molecule has 0 aromatic heterocycles. The van der Waals surface area contributed by atoms with E-state index in [0.717, 1.165) is 12.8 Å². The molecule has 0 radical (unpaired) electrons. The summed E-state index contributed by atoms with van der Waals surface area (Å²) in [6.45, 7) is 3.14. The summed E-state index contributed by atoms with van der Waals surface area (Å²) in [6.07, 6.45) is 12.4. The van der Waals surface area contributed by atoms with Crippen molar-refractivity contribution in [1.82, 2.24) is 4.90 Å². The van der Waals surface area contributed by atoms with Gasteiger partial charge in [0, 0.05) is 19.5 Å². The summed E-state index contributed by atoms with van der Waals surface area (Å²) in [5.41, 5.74) is 0. The van der Waals surface area contributed by atoms with Crippen molar-refractivity contribution in [2.45, 2.75) is 84.0 Å². The Kier molecular flexibility index (Phi) is 14.7. The number of hydrogen-bond acceptors (Lipinski definition) is 3. The quantitative estimate of drug-likeness (QED) is 0.442. The zero-order valence-corrected chi connectivity index (χ0v) is 14.1. The Morgan fingerprint density at radius 1 is 0.818 bits per heavy atom. The molecule has 22 heavy (non-hydrogen) atoms. The first-order chi connectivity index (χ1) is 10.8. The molecule has 0 aliphatic carbocycles. The molecule has 0 N–H and O–H groups in total. The number of rotatable bonds is 14. The van der Waals surface area contributed by atoms with Crippen molar-refractivity contribution in [1.29, 1.82) is 10.5 Å². The van der Waals surface area contributed by atoms with E-state index in [0.29, 0.717) is 32.4 Å². The molecule has 0 aromatic rings. The maximum atomic E-state index is 12.1. The first kappa shape index (κ1) is 20.5. The molecule has 0 atom stereocenters. The Hall–Kier alpha value is -1.55. The second-order valence-corrected chi connectivity index (χ2v) is 5.78. The highest BCUT2D eigenvalue weighted by Gasteiger charge is 2.12. The molecule has 0 rings (SSSR count). The number of unbranched alkanes of at least 4 members (excludes halogenated alkanes) is 8. The van der Waals surface area contributed by atoms with Crippen LogP contribution in [0.15, 0.2) is 0 Å².